The van der Waals surface area contributed by atoms with Crippen molar-refractivity contribution in [1.29, 1.82) is 0 Å². The molecule has 0 aromatic heterocycles. The van der Waals surface area contributed by atoms with Crippen LogP contribution >= 0.6 is 0 Å². The second-order valence-corrected chi connectivity index (χ2v) is 8.03. The number of carbonyl (C=O) groups excluding carboxylic acids is 3. The summed E-state index contributed by atoms with van der Waals surface area (Å²) < 4.78 is 10.2. The van der Waals surface area contributed by atoms with Crippen LogP contribution in [0.15, 0.2) is 18.2 Å². The van der Waals surface area contributed by atoms with E-state index in [1.54, 1.807) is 9.80 Å². The molecule has 1 atom stereocenters. The Morgan fingerprint density at radius 2 is 1.93 bits per heavy atom. The van der Waals surface area contributed by atoms with Gasteiger partial charge in [-0.3, -0.25) is 9.59 Å². The van der Waals surface area contributed by atoms with Gasteiger partial charge in [-0.2, -0.15) is 0 Å². The Morgan fingerprint density at radius 1 is 1.19 bits per heavy atom. The van der Waals surface area contributed by atoms with Crippen LogP contribution < -0.4 is 4.90 Å². The van der Waals surface area contributed by atoms with E-state index in [1.807, 2.05) is 39.0 Å². The van der Waals surface area contributed by atoms with Crippen molar-refractivity contribution in [2.24, 2.45) is 5.92 Å². The third kappa shape index (κ3) is 4.23. The summed E-state index contributed by atoms with van der Waals surface area (Å²) in [6.07, 6.45) is 0.572. The maximum atomic E-state index is 12.4. The van der Waals surface area contributed by atoms with Crippen molar-refractivity contribution < 1.29 is 23.9 Å². The molecule has 3 rings (SSSR count). The average molecular weight is 374 g/mol. The third-order valence-electron chi connectivity index (χ3n) is 4.83. The summed E-state index contributed by atoms with van der Waals surface area (Å²) in [6, 6.07) is 5.83. The fourth-order valence-corrected chi connectivity index (χ4v) is 3.48. The zero-order valence-corrected chi connectivity index (χ0v) is 16.3. The number of fused-ring (bicyclic) bond motifs is 1. The zero-order valence-electron chi connectivity index (χ0n) is 16.3. The van der Waals surface area contributed by atoms with Crippen LogP contribution in [0.3, 0.4) is 0 Å². The summed E-state index contributed by atoms with van der Waals surface area (Å²) >= 11 is 0. The number of ether oxygens (including phenoxy) is 2. The molecule has 0 N–H and O–H groups in total. The summed E-state index contributed by atoms with van der Waals surface area (Å²) in [5, 5.41) is 0. The van der Waals surface area contributed by atoms with Crippen LogP contribution in [0.1, 0.15) is 38.3 Å². The minimum atomic E-state index is -0.538. The molecule has 1 aromatic carbocycles. The number of benzene rings is 1. The van der Waals surface area contributed by atoms with Gasteiger partial charge in [0, 0.05) is 31.7 Å². The molecule has 1 unspecified atom stereocenters. The van der Waals surface area contributed by atoms with Crippen molar-refractivity contribution in [3.05, 3.63) is 29.3 Å². The first kappa shape index (κ1) is 19.2. The Bertz CT molecular complexity index is 768. The second-order valence-electron chi connectivity index (χ2n) is 8.03. The van der Waals surface area contributed by atoms with E-state index >= 15 is 0 Å². The molecule has 1 aromatic rings. The predicted octanol–water partition coefficient (Wildman–Crippen LogP) is 2.51. The lowest BCUT2D eigenvalue weighted by atomic mass is 9.99. The quantitative estimate of drug-likeness (QED) is 0.744. The average Bonchev–Trinajstić information content (AvgIpc) is 3.00. The summed E-state index contributed by atoms with van der Waals surface area (Å²) in [7, 11) is 1.33. The molecule has 0 bridgehead atoms. The van der Waals surface area contributed by atoms with Gasteiger partial charge < -0.3 is 19.3 Å². The number of methoxy groups -OCH3 is 1. The van der Waals surface area contributed by atoms with Crippen molar-refractivity contribution >= 4 is 23.7 Å². The molecule has 0 aliphatic carbocycles. The first-order valence-electron chi connectivity index (χ1n) is 9.16. The molecule has 1 fully saturated rings. The van der Waals surface area contributed by atoms with E-state index in [9.17, 15) is 14.4 Å². The summed E-state index contributed by atoms with van der Waals surface area (Å²) in [5.74, 6) is -0.887. The zero-order chi connectivity index (χ0) is 19.8. The van der Waals surface area contributed by atoms with E-state index in [4.69, 9.17) is 9.47 Å². The summed E-state index contributed by atoms with van der Waals surface area (Å²) in [4.78, 5) is 39.7. The van der Waals surface area contributed by atoms with Gasteiger partial charge in [-0.1, -0.05) is 6.07 Å². The number of hydrogen-bond acceptors (Lipinski definition) is 5. The highest BCUT2D eigenvalue weighted by Crippen LogP contribution is 2.30. The van der Waals surface area contributed by atoms with Crippen LogP contribution in [0.25, 0.3) is 0 Å². The highest BCUT2D eigenvalue weighted by molar-refractivity contribution is 5.99. The lowest BCUT2D eigenvalue weighted by Gasteiger charge is -2.32. The fraction of sp³-hybridized carbons (Fsp3) is 0.550. The number of hydrogen-bond donors (Lipinski definition) is 0. The van der Waals surface area contributed by atoms with Gasteiger partial charge in [0.2, 0.25) is 5.91 Å². The maximum absolute atomic E-state index is 12.4. The molecule has 2 aliphatic heterocycles. The van der Waals surface area contributed by atoms with Gasteiger partial charge in [0.05, 0.1) is 13.0 Å². The van der Waals surface area contributed by atoms with E-state index in [0.29, 0.717) is 19.6 Å². The smallest absolute Gasteiger partial charge is 0.410 e. The number of anilines is 1. The molecule has 7 nitrogen and oxygen atoms in total. The molecule has 0 spiro atoms. The van der Waals surface area contributed by atoms with Crippen molar-refractivity contribution in [3.8, 4) is 0 Å². The van der Waals surface area contributed by atoms with Gasteiger partial charge in [0.15, 0.2) is 0 Å². The molecular formula is C20H26N2O5. The molecule has 27 heavy (non-hydrogen) atoms. The molecule has 2 heterocycles. The van der Waals surface area contributed by atoms with Gasteiger partial charge >= 0.3 is 12.1 Å². The predicted molar refractivity (Wildman–Crippen MR) is 99.3 cm³/mol. The molecule has 0 saturated carbocycles. The van der Waals surface area contributed by atoms with Crippen LogP contribution in [0.4, 0.5) is 10.5 Å². The van der Waals surface area contributed by atoms with Gasteiger partial charge in [-0.25, -0.2) is 4.79 Å². The van der Waals surface area contributed by atoms with Crippen molar-refractivity contribution in [2.45, 2.75) is 45.8 Å². The highest BCUT2D eigenvalue weighted by Gasteiger charge is 2.36. The molecule has 7 heteroatoms. The number of amides is 2. The van der Waals surface area contributed by atoms with Crippen LogP contribution in [0.5, 0.6) is 0 Å². The fourth-order valence-electron chi connectivity index (χ4n) is 3.48. The third-order valence-corrected chi connectivity index (χ3v) is 4.83. The topological polar surface area (TPSA) is 76.2 Å². The minimum Gasteiger partial charge on any atom is -0.469 e. The molecule has 0 radical (unpaired) electrons. The van der Waals surface area contributed by atoms with E-state index < -0.39 is 11.5 Å². The van der Waals surface area contributed by atoms with E-state index in [-0.39, 0.29) is 24.4 Å². The van der Waals surface area contributed by atoms with Crippen LogP contribution in [0, 0.1) is 5.92 Å². The highest BCUT2D eigenvalue weighted by atomic mass is 16.6. The normalized spacial score (nSPS) is 19.7. The Balaban J connectivity index is 1.75. The van der Waals surface area contributed by atoms with Crippen LogP contribution in [-0.4, -0.2) is 48.7 Å². The van der Waals surface area contributed by atoms with Gasteiger partial charge in [-0.05, 0) is 50.5 Å². The van der Waals surface area contributed by atoms with E-state index in [2.05, 4.69) is 0 Å². The van der Waals surface area contributed by atoms with Crippen molar-refractivity contribution in [2.75, 3.05) is 25.1 Å². The van der Waals surface area contributed by atoms with Crippen molar-refractivity contribution in [3.63, 3.8) is 0 Å². The van der Waals surface area contributed by atoms with Crippen LogP contribution in [0.2, 0.25) is 0 Å². The van der Waals surface area contributed by atoms with Gasteiger partial charge in [-0.15, -0.1) is 0 Å². The molecular weight excluding hydrogens is 348 g/mol. The van der Waals surface area contributed by atoms with Crippen LogP contribution in [-0.2, 0) is 32.0 Å². The monoisotopic (exact) mass is 374 g/mol. The minimum absolute atomic E-state index is 0.0924. The van der Waals surface area contributed by atoms with E-state index in [0.717, 1.165) is 23.2 Å². The summed E-state index contributed by atoms with van der Waals surface area (Å²) in [5.41, 5.74) is 2.37. The Hall–Kier alpha value is -2.57. The second kappa shape index (κ2) is 7.21. The Kier molecular flexibility index (Phi) is 5.13. The number of esters is 1. The van der Waals surface area contributed by atoms with Crippen molar-refractivity contribution in [1.82, 2.24) is 4.90 Å². The first-order chi connectivity index (χ1) is 12.7. The van der Waals surface area contributed by atoms with E-state index in [1.165, 1.54) is 7.11 Å². The molecule has 146 valence electrons. The number of rotatable bonds is 2. The molecule has 2 amide bonds. The number of carbonyl (C=O) groups is 3. The lowest BCUT2D eigenvalue weighted by Crippen LogP contribution is -2.40. The van der Waals surface area contributed by atoms with Gasteiger partial charge in [0.25, 0.3) is 0 Å². The standard InChI is InChI=1S/C20H26N2O5/c1-20(2,3)27-19(25)21-8-7-13-5-6-16(9-14(13)11-21)22-12-15(10-17(22)23)18(24)26-4/h5-6,9,15H,7-8,10-12H2,1-4H3. The summed E-state index contributed by atoms with van der Waals surface area (Å²) in [6.45, 7) is 6.90. The van der Waals surface area contributed by atoms with Gasteiger partial charge in [0.1, 0.15) is 5.60 Å². The maximum Gasteiger partial charge on any atom is 0.410 e. The SMILES string of the molecule is COC(=O)C1CC(=O)N(c2ccc3c(c2)CN(C(=O)OC(C)(C)C)CC3)C1. The Labute approximate surface area is 159 Å². The molecule has 1 saturated heterocycles. The number of nitrogens with zero attached hydrogens (tertiary/aromatic N) is 2. The largest absolute Gasteiger partial charge is 0.469 e. The molecule has 2 aliphatic rings. The first-order valence-corrected chi connectivity index (χ1v) is 9.16. The Morgan fingerprint density at radius 3 is 2.59 bits per heavy atom. The lowest BCUT2D eigenvalue weighted by molar-refractivity contribution is -0.145.